The van der Waals surface area contributed by atoms with Gasteiger partial charge in [0, 0.05) is 49.1 Å². The summed E-state index contributed by atoms with van der Waals surface area (Å²) in [4.78, 5) is 27.9. The Morgan fingerprint density at radius 3 is 2.19 bits per heavy atom. The van der Waals surface area contributed by atoms with Crippen LogP contribution in [0.2, 0.25) is 5.02 Å². The molecule has 4 N–H and O–H groups in total. The molecule has 2 saturated heterocycles. The van der Waals surface area contributed by atoms with Crippen molar-refractivity contribution < 1.29 is 34.0 Å². The van der Waals surface area contributed by atoms with Crippen LogP contribution in [0.3, 0.4) is 0 Å². The Morgan fingerprint density at radius 2 is 1.51 bits per heavy atom. The summed E-state index contributed by atoms with van der Waals surface area (Å²) >= 11 is 6.12. The lowest BCUT2D eigenvalue weighted by Crippen LogP contribution is -2.49. The highest BCUT2D eigenvalue weighted by Gasteiger charge is 2.41. The Hall–Kier alpha value is -5.07. The van der Waals surface area contributed by atoms with E-state index >= 15 is 0 Å². The highest BCUT2D eigenvalue weighted by atomic mass is 35.5. The summed E-state index contributed by atoms with van der Waals surface area (Å²) in [7, 11) is 1.31. The molecule has 59 heavy (non-hydrogen) atoms. The van der Waals surface area contributed by atoms with Gasteiger partial charge in [0.05, 0.1) is 31.5 Å². The van der Waals surface area contributed by atoms with Gasteiger partial charge >= 0.3 is 12.0 Å². The van der Waals surface area contributed by atoms with Crippen molar-refractivity contribution in [1.82, 2.24) is 15.5 Å². The third-order valence-electron chi connectivity index (χ3n) is 11.7. The summed E-state index contributed by atoms with van der Waals surface area (Å²) in [6.07, 6.45) is 0.458. The molecule has 5 atom stereocenters. The molecule has 2 amide bonds. The Bertz CT molecular complexity index is 2140. The van der Waals surface area contributed by atoms with E-state index in [0.29, 0.717) is 30.8 Å². The fraction of sp³-hybridized carbons (Fsp3) is 0.333. The number of carbonyl (C=O) groups excluding carboxylic acids is 2. The molecule has 5 aromatic carbocycles. The van der Waals surface area contributed by atoms with Crippen LogP contribution in [-0.2, 0) is 44.2 Å². The van der Waals surface area contributed by atoms with Crippen LogP contribution in [0.25, 0.3) is 11.1 Å². The number of nitrogens with zero attached hydrogens (tertiary/aromatic N) is 1. The molecular formula is C48H52ClN3O7. The number of carbonyl (C=O) groups is 2. The lowest BCUT2D eigenvalue weighted by Gasteiger charge is -2.45. The molecule has 0 aromatic heterocycles. The summed E-state index contributed by atoms with van der Waals surface area (Å²) in [5.74, 6) is -0.503. The lowest BCUT2D eigenvalue weighted by molar-refractivity contribution is -0.277. The van der Waals surface area contributed by atoms with Crippen LogP contribution in [0, 0.1) is 5.92 Å². The van der Waals surface area contributed by atoms with Gasteiger partial charge in [-0.15, -0.1) is 0 Å². The summed E-state index contributed by atoms with van der Waals surface area (Å²) in [6, 6.07) is 39.5. The van der Waals surface area contributed by atoms with Crippen LogP contribution in [0.1, 0.15) is 65.5 Å². The number of likely N-dealkylation sites (tertiary alicyclic amines) is 1. The number of benzene rings is 5. The second-order valence-electron chi connectivity index (χ2n) is 15.5. The first-order valence-corrected chi connectivity index (χ1v) is 20.6. The number of piperidine rings is 1. The van der Waals surface area contributed by atoms with Crippen molar-refractivity contribution in [2.24, 2.45) is 5.92 Å². The van der Waals surface area contributed by atoms with Crippen molar-refractivity contribution >= 4 is 23.6 Å². The summed E-state index contributed by atoms with van der Waals surface area (Å²) < 4.78 is 18.5. The number of aliphatic hydroxyl groups is 2. The third-order valence-corrected chi connectivity index (χ3v) is 11.9. The summed E-state index contributed by atoms with van der Waals surface area (Å²) in [5.41, 5.74) is 6.44. The van der Waals surface area contributed by atoms with Crippen LogP contribution >= 0.6 is 11.6 Å². The lowest BCUT2D eigenvalue weighted by atomic mass is 9.84. The molecule has 0 radical (unpaired) electrons. The zero-order valence-electron chi connectivity index (χ0n) is 33.4. The second kappa shape index (κ2) is 19.3. The number of methoxy groups -OCH3 is 1. The van der Waals surface area contributed by atoms with E-state index in [1.807, 2.05) is 127 Å². The minimum absolute atomic E-state index is 0.0142. The molecule has 11 heteroatoms. The number of esters is 1. The molecule has 10 nitrogen and oxygen atoms in total. The molecule has 5 aromatic rings. The highest BCUT2D eigenvalue weighted by Crippen LogP contribution is 2.43. The van der Waals surface area contributed by atoms with Crippen molar-refractivity contribution in [2.45, 2.75) is 69.5 Å². The van der Waals surface area contributed by atoms with Gasteiger partial charge in [-0.3, -0.25) is 0 Å². The van der Waals surface area contributed by atoms with Gasteiger partial charge in [-0.2, -0.15) is 0 Å². The number of amides is 2. The van der Waals surface area contributed by atoms with E-state index in [9.17, 15) is 19.8 Å². The van der Waals surface area contributed by atoms with E-state index in [1.165, 1.54) is 7.11 Å². The maximum Gasteiger partial charge on any atom is 0.328 e. The van der Waals surface area contributed by atoms with Gasteiger partial charge < -0.3 is 40.0 Å². The normalized spacial score (nSPS) is 21.0. The molecule has 0 saturated carbocycles. The molecular weight excluding hydrogens is 766 g/mol. The van der Waals surface area contributed by atoms with E-state index in [0.717, 1.165) is 57.6 Å². The molecule has 2 heterocycles. The van der Waals surface area contributed by atoms with Gasteiger partial charge in [0.25, 0.3) is 0 Å². The molecule has 0 bridgehead atoms. The first-order chi connectivity index (χ1) is 28.6. The van der Waals surface area contributed by atoms with Gasteiger partial charge in [-0.25, -0.2) is 9.59 Å². The number of hydrogen-bond donors (Lipinski definition) is 4. The van der Waals surface area contributed by atoms with Gasteiger partial charge in [0.15, 0.2) is 6.29 Å². The topological polar surface area (TPSA) is 130 Å². The first kappa shape index (κ1) is 42.1. The largest absolute Gasteiger partial charge is 0.467 e. The second-order valence-corrected chi connectivity index (χ2v) is 16.0. The maximum atomic E-state index is 13.1. The number of rotatable bonds is 13. The van der Waals surface area contributed by atoms with Crippen LogP contribution in [0.4, 0.5) is 4.79 Å². The van der Waals surface area contributed by atoms with Crippen molar-refractivity contribution in [1.29, 1.82) is 0 Å². The molecule has 2 aliphatic rings. The maximum absolute atomic E-state index is 13.1. The molecule has 0 unspecified atom stereocenters. The SMILES string of the molecule is COC(=O)[C@H](Cc1ccccc1)NC(=O)NCc1ccccc1-c1ccc([C@@H]2O[C@H](CN3CCC(O)(c4ccc(Cl)cc4)CC3)[C@H](C)[C@H](c3ccc(CO)cc3)O2)cc1. The number of nitrogens with one attached hydrogen (secondary N) is 2. The van der Waals surface area contributed by atoms with Crippen LogP contribution in [0.15, 0.2) is 127 Å². The van der Waals surface area contributed by atoms with Crippen molar-refractivity contribution in [3.63, 3.8) is 0 Å². The van der Waals surface area contributed by atoms with Gasteiger partial charge in [0.2, 0.25) is 0 Å². The van der Waals surface area contributed by atoms with Gasteiger partial charge in [-0.05, 0) is 63.9 Å². The smallest absolute Gasteiger partial charge is 0.328 e. The van der Waals surface area contributed by atoms with Crippen LogP contribution in [-0.4, -0.2) is 66.0 Å². The van der Waals surface area contributed by atoms with Gasteiger partial charge in [0.1, 0.15) is 6.04 Å². The number of aliphatic hydroxyl groups excluding tert-OH is 1. The number of ether oxygens (including phenoxy) is 3. The van der Waals surface area contributed by atoms with Crippen molar-refractivity contribution in [3.05, 3.63) is 166 Å². The zero-order chi connectivity index (χ0) is 41.4. The first-order valence-electron chi connectivity index (χ1n) is 20.2. The molecule has 2 aliphatic heterocycles. The predicted molar refractivity (Wildman–Crippen MR) is 227 cm³/mol. The number of hydrogen-bond acceptors (Lipinski definition) is 8. The fourth-order valence-electron chi connectivity index (χ4n) is 8.08. The fourth-order valence-corrected chi connectivity index (χ4v) is 8.21. The Balaban J connectivity index is 1.04. The highest BCUT2D eigenvalue weighted by molar-refractivity contribution is 6.30. The standard InChI is InChI=1S/C48H52ClN3O7/c1-32-43(30-52-26-24-48(56,25-27-52)39-20-22-40(49)23-21-39)58-46(59-44(32)36-14-12-34(31-53)13-15-36)37-18-16-35(17-19-37)41-11-7-6-10-38(41)29-50-47(55)51-42(45(54)57-2)28-33-8-4-3-5-9-33/h3-23,32,42-44,46,53,56H,24-31H2,1-2H3,(H2,50,51,55)/t32-,42-,43+,44+,46+/m0/s1. The quantitative estimate of drug-likeness (QED) is 0.0885. The minimum Gasteiger partial charge on any atom is -0.467 e. The Labute approximate surface area is 351 Å². The van der Waals surface area contributed by atoms with Crippen molar-refractivity contribution in [2.75, 3.05) is 26.7 Å². The predicted octanol–water partition coefficient (Wildman–Crippen LogP) is 7.86. The van der Waals surface area contributed by atoms with E-state index in [2.05, 4.69) is 22.5 Å². The van der Waals surface area contributed by atoms with Gasteiger partial charge in [-0.1, -0.05) is 134 Å². The van der Waals surface area contributed by atoms with Crippen molar-refractivity contribution in [3.8, 4) is 11.1 Å². The average molecular weight is 818 g/mol. The van der Waals surface area contributed by atoms with E-state index in [1.54, 1.807) is 0 Å². The molecule has 308 valence electrons. The average Bonchev–Trinajstić information content (AvgIpc) is 3.27. The number of urea groups is 1. The Morgan fingerprint density at radius 1 is 0.847 bits per heavy atom. The third kappa shape index (κ3) is 10.4. The molecule has 0 spiro atoms. The summed E-state index contributed by atoms with van der Waals surface area (Å²) in [5, 5.41) is 27.6. The monoisotopic (exact) mass is 817 g/mol. The molecule has 2 fully saturated rings. The van der Waals surface area contributed by atoms with Crippen LogP contribution in [0.5, 0.6) is 0 Å². The minimum atomic E-state index is -0.901. The molecule has 7 rings (SSSR count). The zero-order valence-corrected chi connectivity index (χ0v) is 34.2. The van der Waals surface area contributed by atoms with E-state index < -0.39 is 29.9 Å². The molecule has 0 aliphatic carbocycles. The van der Waals surface area contributed by atoms with Crippen LogP contribution < -0.4 is 10.6 Å². The van der Waals surface area contributed by atoms with E-state index in [-0.39, 0.29) is 31.3 Å². The summed E-state index contributed by atoms with van der Waals surface area (Å²) in [6.45, 7) is 4.49. The Kier molecular flexibility index (Phi) is 13.8. The van der Waals surface area contributed by atoms with E-state index in [4.69, 9.17) is 25.8 Å². The number of halogens is 1.